The number of anilines is 1. The molecule has 2 nitrogen and oxygen atoms in total. The highest BCUT2D eigenvalue weighted by atomic mass is 16.1. The normalized spacial score (nSPS) is 11.1. The highest BCUT2D eigenvalue weighted by molar-refractivity contribution is 5.76. The van der Waals surface area contributed by atoms with Crippen molar-refractivity contribution in [2.24, 2.45) is 0 Å². The van der Waals surface area contributed by atoms with Crippen LogP contribution in [0.5, 0.6) is 0 Å². The monoisotopic (exact) mass is 190 g/mol. The minimum absolute atomic E-state index is 0.0329. The van der Waals surface area contributed by atoms with Gasteiger partial charge in [0, 0.05) is 5.69 Å². The second-order valence-electron chi connectivity index (χ2n) is 4.47. The number of amides is 1. The SMILES string of the molecule is Cc1cccc(C(C)(C)C)c1N[C]=O. The number of nitrogens with one attached hydrogen (secondary N) is 1. The van der Waals surface area contributed by atoms with Gasteiger partial charge in [-0.05, 0) is 23.5 Å². The number of para-hydroxylation sites is 1. The van der Waals surface area contributed by atoms with Gasteiger partial charge >= 0.3 is 6.41 Å². The fourth-order valence-corrected chi connectivity index (χ4v) is 1.51. The van der Waals surface area contributed by atoms with E-state index in [1.807, 2.05) is 25.1 Å². The van der Waals surface area contributed by atoms with Crippen LogP contribution in [0.1, 0.15) is 31.9 Å². The van der Waals surface area contributed by atoms with Gasteiger partial charge in [0.15, 0.2) is 0 Å². The molecule has 0 saturated heterocycles. The maximum absolute atomic E-state index is 10.4. The van der Waals surface area contributed by atoms with Gasteiger partial charge in [-0.25, -0.2) is 0 Å². The van der Waals surface area contributed by atoms with Crippen LogP contribution >= 0.6 is 0 Å². The van der Waals surface area contributed by atoms with E-state index in [2.05, 4.69) is 26.1 Å². The highest BCUT2D eigenvalue weighted by Crippen LogP contribution is 2.31. The molecule has 1 aromatic rings. The Morgan fingerprint density at radius 1 is 1.29 bits per heavy atom. The van der Waals surface area contributed by atoms with Crippen LogP contribution in [-0.2, 0) is 10.2 Å². The van der Waals surface area contributed by atoms with E-state index in [-0.39, 0.29) is 5.41 Å². The van der Waals surface area contributed by atoms with Crippen molar-refractivity contribution >= 4 is 12.1 Å². The van der Waals surface area contributed by atoms with E-state index in [9.17, 15) is 4.79 Å². The minimum Gasteiger partial charge on any atom is -0.317 e. The average molecular weight is 190 g/mol. The van der Waals surface area contributed by atoms with Crippen molar-refractivity contribution in [2.75, 3.05) is 5.32 Å². The van der Waals surface area contributed by atoms with E-state index >= 15 is 0 Å². The van der Waals surface area contributed by atoms with Crippen molar-refractivity contribution in [1.82, 2.24) is 0 Å². The number of hydrogen-bond donors (Lipinski definition) is 1. The molecular weight excluding hydrogens is 174 g/mol. The Morgan fingerprint density at radius 3 is 2.43 bits per heavy atom. The molecule has 1 N–H and O–H groups in total. The predicted octanol–water partition coefficient (Wildman–Crippen LogP) is 2.77. The summed E-state index contributed by atoms with van der Waals surface area (Å²) in [5.74, 6) is 0. The highest BCUT2D eigenvalue weighted by Gasteiger charge is 2.18. The molecule has 1 rings (SSSR count). The quantitative estimate of drug-likeness (QED) is 0.714. The standard InChI is InChI=1S/C12H16NO/c1-9-6-5-7-10(12(2,3)4)11(9)13-8-14/h5-7H,1-4H3,(H,13,14). The molecule has 0 spiro atoms. The lowest BCUT2D eigenvalue weighted by molar-refractivity contribution is 0.560. The smallest absolute Gasteiger partial charge is 0.314 e. The van der Waals surface area contributed by atoms with Gasteiger partial charge in [0.2, 0.25) is 0 Å². The van der Waals surface area contributed by atoms with Gasteiger partial charge in [-0.2, -0.15) is 0 Å². The lowest BCUT2D eigenvalue weighted by atomic mass is 9.84. The van der Waals surface area contributed by atoms with Crippen molar-refractivity contribution in [2.45, 2.75) is 33.1 Å². The molecule has 14 heavy (non-hydrogen) atoms. The number of hydrogen-bond acceptors (Lipinski definition) is 1. The van der Waals surface area contributed by atoms with Crippen molar-refractivity contribution in [3.8, 4) is 0 Å². The number of carbonyl (C=O) groups excluding carboxylic acids is 1. The van der Waals surface area contributed by atoms with Crippen LogP contribution in [0.4, 0.5) is 5.69 Å². The van der Waals surface area contributed by atoms with Gasteiger partial charge in [-0.15, -0.1) is 0 Å². The fraction of sp³-hybridized carbons (Fsp3) is 0.417. The molecule has 0 heterocycles. The average Bonchev–Trinajstić information content (AvgIpc) is 2.07. The Balaban J connectivity index is 3.28. The van der Waals surface area contributed by atoms with Crippen LogP contribution < -0.4 is 5.32 Å². The summed E-state index contributed by atoms with van der Waals surface area (Å²) in [6, 6.07) is 6.02. The number of aryl methyl sites for hydroxylation is 1. The van der Waals surface area contributed by atoms with E-state index < -0.39 is 0 Å². The summed E-state index contributed by atoms with van der Waals surface area (Å²) in [6.07, 6.45) is 1.74. The lowest BCUT2D eigenvalue weighted by Gasteiger charge is -2.23. The molecule has 1 amide bonds. The zero-order chi connectivity index (χ0) is 10.8. The Bertz CT molecular complexity index is 337. The summed E-state index contributed by atoms with van der Waals surface area (Å²) in [6.45, 7) is 8.35. The summed E-state index contributed by atoms with van der Waals surface area (Å²) in [5.41, 5.74) is 3.13. The van der Waals surface area contributed by atoms with E-state index in [4.69, 9.17) is 0 Å². The number of benzene rings is 1. The molecule has 0 aliphatic heterocycles. The van der Waals surface area contributed by atoms with E-state index in [1.54, 1.807) is 6.41 Å². The second kappa shape index (κ2) is 3.82. The molecule has 1 aromatic carbocycles. The Morgan fingerprint density at radius 2 is 1.93 bits per heavy atom. The molecule has 75 valence electrons. The third-order valence-corrected chi connectivity index (χ3v) is 2.26. The van der Waals surface area contributed by atoms with E-state index in [0.717, 1.165) is 16.8 Å². The first-order chi connectivity index (χ1) is 6.46. The van der Waals surface area contributed by atoms with Crippen LogP contribution in [0.15, 0.2) is 18.2 Å². The topological polar surface area (TPSA) is 29.1 Å². The number of rotatable bonds is 2. The first-order valence-electron chi connectivity index (χ1n) is 4.70. The van der Waals surface area contributed by atoms with Gasteiger partial charge in [0.1, 0.15) is 0 Å². The molecule has 0 aliphatic carbocycles. The summed E-state index contributed by atoms with van der Waals surface area (Å²) in [5, 5.41) is 2.65. The second-order valence-corrected chi connectivity index (χ2v) is 4.47. The van der Waals surface area contributed by atoms with Crippen molar-refractivity contribution in [1.29, 1.82) is 0 Å². The summed E-state index contributed by atoms with van der Waals surface area (Å²) in [4.78, 5) is 10.4. The van der Waals surface area contributed by atoms with Crippen LogP contribution in [0, 0.1) is 6.92 Å². The van der Waals surface area contributed by atoms with Crippen molar-refractivity contribution in [3.63, 3.8) is 0 Å². The summed E-state index contributed by atoms with van der Waals surface area (Å²) in [7, 11) is 0. The van der Waals surface area contributed by atoms with Gasteiger partial charge in [-0.3, -0.25) is 4.79 Å². The molecule has 2 heteroatoms. The first kappa shape index (κ1) is 10.8. The fourth-order valence-electron chi connectivity index (χ4n) is 1.51. The molecule has 1 radical (unpaired) electrons. The molecule has 0 aromatic heterocycles. The van der Waals surface area contributed by atoms with Crippen molar-refractivity contribution < 1.29 is 4.79 Å². The molecule has 0 unspecified atom stereocenters. The van der Waals surface area contributed by atoms with E-state index in [0.29, 0.717) is 0 Å². The maximum Gasteiger partial charge on any atom is 0.314 e. The molecule has 0 atom stereocenters. The third-order valence-electron chi connectivity index (χ3n) is 2.26. The van der Waals surface area contributed by atoms with Crippen LogP contribution in [-0.4, -0.2) is 6.41 Å². The molecule has 0 saturated carbocycles. The zero-order valence-corrected chi connectivity index (χ0v) is 9.14. The molecule has 0 bridgehead atoms. The van der Waals surface area contributed by atoms with Crippen LogP contribution in [0.2, 0.25) is 0 Å². The Kier molecular flexibility index (Phi) is 2.94. The molecule has 0 aliphatic rings. The predicted molar refractivity (Wildman–Crippen MR) is 59.2 cm³/mol. The molecule has 0 fully saturated rings. The zero-order valence-electron chi connectivity index (χ0n) is 9.14. The first-order valence-corrected chi connectivity index (χ1v) is 4.70. The summed E-state index contributed by atoms with van der Waals surface area (Å²) >= 11 is 0. The molecular formula is C12H16NO. The van der Waals surface area contributed by atoms with Gasteiger partial charge < -0.3 is 5.32 Å². The summed E-state index contributed by atoms with van der Waals surface area (Å²) < 4.78 is 0. The largest absolute Gasteiger partial charge is 0.317 e. The lowest BCUT2D eigenvalue weighted by Crippen LogP contribution is -2.15. The van der Waals surface area contributed by atoms with Gasteiger partial charge in [-0.1, -0.05) is 39.0 Å². The van der Waals surface area contributed by atoms with Crippen LogP contribution in [0.25, 0.3) is 0 Å². The van der Waals surface area contributed by atoms with Crippen LogP contribution in [0.3, 0.4) is 0 Å². The maximum atomic E-state index is 10.4. The van der Waals surface area contributed by atoms with Gasteiger partial charge in [0.05, 0.1) is 0 Å². The van der Waals surface area contributed by atoms with Gasteiger partial charge in [0.25, 0.3) is 0 Å². The minimum atomic E-state index is 0.0329. The third kappa shape index (κ3) is 2.13. The Hall–Kier alpha value is -1.31. The Labute approximate surface area is 85.3 Å². The van der Waals surface area contributed by atoms with E-state index in [1.165, 1.54) is 0 Å². The van der Waals surface area contributed by atoms with Crippen molar-refractivity contribution in [3.05, 3.63) is 29.3 Å².